The number of hydrogen-bond acceptors (Lipinski definition) is 2. The third-order valence-corrected chi connectivity index (χ3v) is 1.59. The van der Waals surface area contributed by atoms with E-state index < -0.39 is 0 Å². The summed E-state index contributed by atoms with van der Waals surface area (Å²) >= 11 is 0. The lowest BCUT2D eigenvalue weighted by Gasteiger charge is -2.19. The van der Waals surface area contributed by atoms with Crippen LogP contribution >= 0.6 is 0 Å². The van der Waals surface area contributed by atoms with Crippen LogP contribution in [0.5, 0.6) is 0 Å². The van der Waals surface area contributed by atoms with Gasteiger partial charge in [-0.15, -0.1) is 0 Å². The van der Waals surface area contributed by atoms with Gasteiger partial charge in [0.1, 0.15) is 0 Å². The fourth-order valence-electron chi connectivity index (χ4n) is 0.984. The first-order valence-electron chi connectivity index (χ1n) is 4.52. The van der Waals surface area contributed by atoms with E-state index in [1.165, 1.54) is 6.42 Å². The number of hydrazine groups is 1. The van der Waals surface area contributed by atoms with Crippen molar-refractivity contribution in [1.29, 1.82) is 0 Å². The van der Waals surface area contributed by atoms with Crippen LogP contribution in [0.15, 0.2) is 0 Å². The highest BCUT2D eigenvalue weighted by molar-refractivity contribution is 4.54. The molecule has 0 atom stereocenters. The van der Waals surface area contributed by atoms with Gasteiger partial charge in [-0.25, -0.2) is 5.01 Å². The Labute approximate surface area is 70.7 Å². The maximum absolute atomic E-state index is 5.76. The molecule has 0 aliphatic carbocycles. The topological polar surface area (TPSA) is 29.3 Å². The van der Waals surface area contributed by atoms with Gasteiger partial charge in [0, 0.05) is 13.1 Å². The van der Waals surface area contributed by atoms with Gasteiger partial charge in [0.15, 0.2) is 0 Å². The quantitative estimate of drug-likeness (QED) is 0.489. The van der Waals surface area contributed by atoms with Gasteiger partial charge in [-0.05, 0) is 18.3 Å². The van der Waals surface area contributed by atoms with Gasteiger partial charge in [-0.2, -0.15) is 0 Å². The highest BCUT2D eigenvalue weighted by Gasteiger charge is 2.02. The van der Waals surface area contributed by atoms with Crippen molar-refractivity contribution in [2.75, 3.05) is 13.1 Å². The molecule has 0 aromatic rings. The van der Waals surface area contributed by atoms with Crippen LogP contribution in [0.2, 0.25) is 0 Å². The molecular weight excluding hydrogens is 136 g/mol. The molecule has 0 radical (unpaired) electrons. The van der Waals surface area contributed by atoms with Crippen LogP contribution in [0.1, 0.15) is 34.1 Å². The fraction of sp³-hybridized carbons (Fsp3) is 1.00. The maximum atomic E-state index is 5.76. The molecule has 0 aromatic carbocycles. The van der Waals surface area contributed by atoms with E-state index in [2.05, 4.69) is 27.7 Å². The van der Waals surface area contributed by atoms with Gasteiger partial charge < -0.3 is 0 Å². The van der Waals surface area contributed by atoms with Crippen LogP contribution in [0.4, 0.5) is 0 Å². The lowest BCUT2D eigenvalue weighted by molar-refractivity contribution is 0.237. The standard InChI is InChI=1S/C9H22N2/c1-8(2)5-6-11(10)7-9(3)4/h8-9H,5-7,10H2,1-4H3. The van der Waals surface area contributed by atoms with Crippen molar-refractivity contribution < 1.29 is 0 Å². The zero-order valence-electron chi connectivity index (χ0n) is 8.30. The summed E-state index contributed by atoms with van der Waals surface area (Å²) in [7, 11) is 0. The van der Waals surface area contributed by atoms with Crippen molar-refractivity contribution in [3.8, 4) is 0 Å². The predicted octanol–water partition coefficient (Wildman–Crippen LogP) is 1.86. The second-order valence-electron chi connectivity index (χ2n) is 4.07. The molecule has 2 heteroatoms. The zero-order chi connectivity index (χ0) is 8.85. The Bertz CT molecular complexity index is 89.6. The molecule has 0 fully saturated rings. The molecule has 0 aliphatic heterocycles. The molecule has 11 heavy (non-hydrogen) atoms. The van der Waals surface area contributed by atoms with E-state index in [0.717, 1.165) is 19.0 Å². The third-order valence-electron chi connectivity index (χ3n) is 1.59. The summed E-state index contributed by atoms with van der Waals surface area (Å²) in [4.78, 5) is 0. The van der Waals surface area contributed by atoms with E-state index in [9.17, 15) is 0 Å². The Balaban J connectivity index is 3.29. The minimum absolute atomic E-state index is 0.673. The first-order chi connectivity index (χ1) is 5.02. The van der Waals surface area contributed by atoms with Gasteiger partial charge in [0.05, 0.1) is 0 Å². The molecule has 0 aromatic heterocycles. The molecule has 0 aliphatic rings. The average molecular weight is 158 g/mol. The summed E-state index contributed by atoms with van der Waals surface area (Å²) in [5.41, 5.74) is 0. The van der Waals surface area contributed by atoms with Crippen molar-refractivity contribution in [2.45, 2.75) is 34.1 Å². The molecule has 0 unspecified atom stereocenters. The predicted molar refractivity (Wildman–Crippen MR) is 50.1 cm³/mol. The maximum Gasteiger partial charge on any atom is 0.0151 e. The highest BCUT2D eigenvalue weighted by Crippen LogP contribution is 2.01. The van der Waals surface area contributed by atoms with Crippen molar-refractivity contribution >= 4 is 0 Å². The summed E-state index contributed by atoms with van der Waals surface area (Å²) in [5.74, 6) is 7.19. The first kappa shape index (κ1) is 10.9. The Kier molecular flexibility index (Phi) is 5.51. The summed E-state index contributed by atoms with van der Waals surface area (Å²) < 4.78 is 0. The van der Waals surface area contributed by atoms with Gasteiger partial charge in [-0.1, -0.05) is 27.7 Å². The van der Waals surface area contributed by atoms with Gasteiger partial charge >= 0.3 is 0 Å². The Morgan fingerprint density at radius 1 is 1.09 bits per heavy atom. The molecule has 0 saturated carbocycles. The van der Waals surface area contributed by atoms with E-state index in [1.807, 2.05) is 5.01 Å². The molecule has 0 rings (SSSR count). The molecule has 68 valence electrons. The Morgan fingerprint density at radius 2 is 1.64 bits per heavy atom. The third kappa shape index (κ3) is 7.82. The molecular formula is C9H22N2. The van der Waals surface area contributed by atoms with Crippen molar-refractivity contribution in [3.05, 3.63) is 0 Å². The van der Waals surface area contributed by atoms with E-state index in [0.29, 0.717) is 5.92 Å². The monoisotopic (exact) mass is 158 g/mol. The number of nitrogens with zero attached hydrogens (tertiary/aromatic N) is 1. The summed E-state index contributed by atoms with van der Waals surface area (Å²) in [5, 5.41) is 1.92. The van der Waals surface area contributed by atoms with E-state index in [4.69, 9.17) is 5.84 Å². The average Bonchev–Trinajstić information content (AvgIpc) is 1.82. The summed E-state index contributed by atoms with van der Waals surface area (Å²) in [6, 6.07) is 0. The normalized spacial score (nSPS) is 12.0. The fourth-order valence-corrected chi connectivity index (χ4v) is 0.984. The van der Waals surface area contributed by atoms with Gasteiger partial charge in [0.25, 0.3) is 0 Å². The second kappa shape index (κ2) is 5.56. The van der Waals surface area contributed by atoms with Gasteiger partial charge in [0.2, 0.25) is 0 Å². The van der Waals surface area contributed by atoms with Crippen molar-refractivity contribution in [2.24, 2.45) is 17.7 Å². The van der Waals surface area contributed by atoms with Crippen LogP contribution in [0, 0.1) is 11.8 Å². The molecule has 0 heterocycles. The van der Waals surface area contributed by atoms with Crippen molar-refractivity contribution in [1.82, 2.24) is 5.01 Å². The van der Waals surface area contributed by atoms with Crippen LogP contribution < -0.4 is 5.84 Å². The largest absolute Gasteiger partial charge is 0.269 e. The number of nitrogens with two attached hydrogens (primary N) is 1. The summed E-state index contributed by atoms with van der Waals surface area (Å²) in [6.45, 7) is 10.9. The molecule has 2 N–H and O–H groups in total. The molecule has 0 bridgehead atoms. The second-order valence-corrected chi connectivity index (χ2v) is 4.07. The lowest BCUT2D eigenvalue weighted by atomic mass is 10.1. The van der Waals surface area contributed by atoms with Crippen molar-refractivity contribution in [3.63, 3.8) is 0 Å². The minimum Gasteiger partial charge on any atom is -0.269 e. The minimum atomic E-state index is 0.673. The van der Waals surface area contributed by atoms with Crippen LogP contribution in [-0.2, 0) is 0 Å². The van der Waals surface area contributed by atoms with E-state index in [1.54, 1.807) is 0 Å². The number of hydrogen-bond donors (Lipinski definition) is 1. The Hall–Kier alpha value is -0.0800. The first-order valence-corrected chi connectivity index (χ1v) is 4.52. The van der Waals surface area contributed by atoms with Crippen LogP contribution in [0.25, 0.3) is 0 Å². The van der Waals surface area contributed by atoms with E-state index in [-0.39, 0.29) is 0 Å². The van der Waals surface area contributed by atoms with Crippen LogP contribution in [-0.4, -0.2) is 18.1 Å². The lowest BCUT2D eigenvalue weighted by Crippen LogP contribution is -2.35. The molecule has 0 amide bonds. The smallest absolute Gasteiger partial charge is 0.0151 e. The zero-order valence-corrected chi connectivity index (χ0v) is 8.30. The highest BCUT2D eigenvalue weighted by atomic mass is 15.4. The molecule has 0 saturated heterocycles. The van der Waals surface area contributed by atoms with E-state index >= 15 is 0 Å². The Morgan fingerprint density at radius 3 is 2.00 bits per heavy atom. The molecule has 0 spiro atoms. The van der Waals surface area contributed by atoms with Gasteiger partial charge in [-0.3, -0.25) is 5.84 Å². The number of rotatable bonds is 5. The van der Waals surface area contributed by atoms with Crippen LogP contribution in [0.3, 0.4) is 0 Å². The SMILES string of the molecule is CC(C)CCN(N)CC(C)C. The molecule has 2 nitrogen and oxygen atoms in total. The summed E-state index contributed by atoms with van der Waals surface area (Å²) in [6.07, 6.45) is 1.20.